The predicted octanol–water partition coefficient (Wildman–Crippen LogP) is 0.733. The summed E-state index contributed by atoms with van der Waals surface area (Å²) >= 11 is 0. The van der Waals surface area contributed by atoms with Crippen molar-refractivity contribution in [2.75, 3.05) is 0 Å². The Morgan fingerprint density at radius 1 is 1.62 bits per heavy atom. The van der Waals surface area contributed by atoms with Crippen LogP contribution in [0.1, 0.15) is 20.8 Å². The third kappa shape index (κ3) is 3.01. The zero-order valence-corrected chi connectivity index (χ0v) is 9.21. The lowest BCUT2D eigenvalue weighted by molar-refractivity contribution is -0.394. The number of ether oxygens (including phenoxy) is 1. The molecule has 0 aliphatic rings. The molecule has 0 saturated heterocycles. The molecule has 0 saturated carbocycles. The van der Waals surface area contributed by atoms with Crippen LogP contribution in [0.5, 0.6) is 0 Å². The largest absolute Gasteiger partial charge is 0.491 e. The van der Waals surface area contributed by atoms with Crippen LogP contribution in [0.15, 0.2) is 6.33 Å². The van der Waals surface area contributed by atoms with Gasteiger partial charge in [-0.2, -0.15) is 0 Å². The number of carbonyl (C=O) groups excluding carboxylic acids is 1. The van der Waals surface area contributed by atoms with Crippen LogP contribution in [0.3, 0.4) is 0 Å². The van der Waals surface area contributed by atoms with Gasteiger partial charge in [0.15, 0.2) is 6.73 Å². The molecule has 1 heterocycles. The van der Waals surface area contributed by atoms with Crippen molar-refractivity contribution in [1.82, 2.24) is 14.8 Å². The number of hydrogen-bond donors (Lipinski definition) is 0. The van der Waals surface area contributed by atoms with Crippen molar-refractivity contribution < 1.29 is 14.5 Å². The van der Waals surface area contributed by atoms with Crippen LogP contribution in [0.4, 0.5) is 5.95 Å². The monoisotopic (exact) mass is 228 g/mol. The van der Waals surface area contributed by atoms with Gasteiger partial charge in [-0.1, -0.05) is 4.98 Å². The summed E-state index contributed by atoms with van der Waals surface area (Å²) in [5.41, 5.74) is -0.619. The smallest absolute Gasteiger partial charge is 0.441 e. The maximum absolute atomic E-state index is 11.4. The van der Waals surface area contributed by atoms with Gasteiger partial charge in [0.2, 0.25) is 6.33 Å². The topological polar surface area (TPSA) is 100 Å². The highest BCUT2D eigenvalue weighted by Crippen LogP contribution is 2.15. The van der Waals surface area contributed by atoms with Crippen LogP contribution in [0.25, 0.3) is 0 Å². The normalized spacial score (nSPS) is 11.2. The molecule has 0 fully saturated rings. The Kier molecular flexibility index (Phi) is 3.21. The average Bonchev–Trinajstić information content (AvgIpc) is 2.60. The second-order valence-corrected chi connectivity index (χ2v) is 4.15. The molecule has 0 amide bonds. The van der Waals surface area contributed by atoms with Gasteiger partial charge in [-0.15, -0.1) is 4.68 Å². The number of esters is 1. The molecule has 1 aromatic rings. The molecule has 1 aromatic heterocycles. The van der Waals surface area contributed by atoms with Crippen molar-refractivity contribution in [3.8, 4) is 0 Å². The Morgan fingerprint density at radius 2 is 2.25 bits per heavy atom. The number of rotatable bonds is 3. The van der Waals surface area contributed by atoms with Gasteiger partial charge in [0.1, 0.15) is 0 Å². The molecule has 8 nitrogen and oxygen atoms in total. The minimum Gasteiger partial charge on any atom is -0.441 e. The third-order valence-electron chi connectivity index (χ3n) is 1.63. The minimum atomic E-state index is -0.720. The Morgan fingerprint density at radius 3 is 2.69 bits per heavy atom. The van der Waals surface area contributed by atoms with E-state index in [0.717, 1.165) is 11.0 Å². The van der Waals surface area contributed by atoms with Crippen molar-refractivity contribution in [2.24, 2.45) is 5.41 Å². The average molecular weight is 228 g/mol. The molecule has 1 rings (SSSR count). The standard InChI is InChI=1S/C8H12N4O4/c1-8(2,3)6(13)16-5-11-4-9-7(10-11)12(14)15/h4H,5H2,1-3H3. The zero-order chi connectivity index (χ0) is 12.3. The first-order chi connectivity index (χ1) is 7.30. The summed E-state index contributed by atoms with van der Waals surface area (Å²) in [7, 11) is 0. The van der Waals surface area contributed by atoms with E-state index in [2.05, 4.69) is 10.1 Å². The summed E-state index contributed by atoms with van der Waals surface area (Å²) in [6, 6.07) is 0. The van der Waals surface area contributed by atoms with Gasteiger partial charge in [0.05, 0.1) is 5.41 Å². The summed E-state index contributed by atoms with van der Waals surface area (Å²) in [4.78, 5) is 24.3. The second-order valence-electron chi connectivity index (χ2n) is 4.15. The van der Waals surface area contributed by atoms with E-state index in [-0.39, 0.29) is 6.73 Å². The van der Waals surface area contributed by atoms with Crippen LogP contribution in [-0.2, 0) is 16.3 Å². The zero-order valence-electron chi connectivity index (χ0n) is 9.21. The van der Waals surface area contributed by atoms with Crippen molar-refractivity contribution >= 4 is 11.9 Å². The van der Waals surface area contributed by atoms with E-state index in [0.29, 0.717) is 0 Å². The summed E-state index contributed by atoms with van der Waals surface area (Å²) in [6.45, 7) is 4.94. The second kappa shape index (κ2) is 4.25. The Balaban J connectivity index is 2.55. The van der Waals surface area contributed by atoms with Gasteiger partial charge in [0.25, 0.3) is 0 Å². The highest BCUT2D eigenvalue weighted by Gasteiger charge is 2.23. The molecule has 88 valence electrons. The van der Waals surface area contributed by atoms with E-state index >= 15 is 0 Å². The van der Waals surface area contributed by atoms with Gasteiger partial charge in [-0.25, -0.2) is 0 Å². The fourth-order valence-corrected chi connectivity index (χ4v) is 0.772. The highest BCUT2D eigenvalue weighted by atomic mass is 16.6. The first kappa shape index (κ1) is 12.1. The molecule has 16 heavy (non-hydrogen) atoms. The molecule has 0 unspecified atom stereocenters. The Labute approximate surface area is 91.4 Å². The number of nitrogens with zero attached hydrogens (tertiary/aromatic N) is 4. The number of aromatic nitrogens is 3. The molecule has 0 atom stereocenters. The van der Waals surface area contributed by atoms with Crippen LogP contribution < -0.4 is 0 Å². The molecule has 0 spiro atoms. The molecule has 0 aliphatic heterocycles. The molecule has 0 aromatic carbocycles. The summed E-state index contributed by atoms with van der Waals surface area (Å²) in [5, 5.41) is 13.8. The Hall–Kier alpha value is -1.99. The quantitative estimate of drug-likeness (QED) is 0.429. The number of carbonyl (C=O) groups is 1. The third-order valence-corrected chi connectivity index (χ3v) is 1.63. The van der Waals surface area contributed by atoms with Gasteiger partial charge in [-0.05, 0) is 25.7 Å². The summed E-state index contributed by atoms with van der Waals surface area (Å²) < 4.78 is 5.97. The molecular formula is C8H12N4O4. The predicted molar refractivity (Wildman–Crippen MR) is 52.2 cm³/mol. The fourth-order valence-electron chi connectivity index (χ4n) is 0.772. The van der Waals surface area contributed by atoms with Crippen molar-refractivity contribution in [1.29, 1.82) is 0 Å². The van der Waals surface area contributed by atoms with Gasteiger partial charge >= 0.3 is 11.9 Å². The van der Waals surface area contributed by atoms with Gasteiger partial charge in [-0.3, -0.25) is 4.79 Å². The molecule has 0 aliphatic carbocycles. The molecular weight excluding hydrogens is 216 g/mol. The van der Waals surface area contributed by atoms with E-state index < -0.39 is 22.3 Å². The Bertz CT molecular complexity index is 406. The number of hydrogen-bond acceptors (Lipinski definition) is 6. The molecule has 0 radical (unpaired) electrons. The lowest BCUT2D eigenvalue weighted by Gasteiger charge is -2.15. The van der Waals surface area contributed by atoms with E-state index in [4.69, 9.17) is 4.74 Å². The molecule has 0 bridgehead atoms. The van der Waals surface area contributed by atoms with Gasteiger partial charge < -0.3 is 14.9 Å². The first-order valence-electron chi connectivity index (χ1n) is 4.52. The van der Waals surface area contributed by atoms with Gasteiger partial charge in [0, 0.05) is 5.10 Å². The molecule has 0 N–H and O–H groups in total. The van der Waals surface area contributed by atoms with Crippen LogP contribution in [0, 0.1) is 15.5 Å². The van der Waals surface area contributed by atoms with Crippen LogP contribution >= 0.6 is 0 Å². The maximum atomic E-state index is 11.4. The number of nitro groups is 1. The van der Waals surface area contributed by atoms with Crippen LogP contribution in [-0.4, -0.2) is 25.7 Å². The van der Waals surface area contributed by atoms with E-state index in [1.54, 1.807) is 20.8 Å². The lowest BCUT2D eigenvalue weighted by Crippen LogP contribution is -2.24. The van der Waals surface area contributed by atoms with E-state index in [1.807, 2.05) is 0 Å². The summed E-state index contributed by atoms with van der Waals surface area (Å²) in [6.07, 6.45) is 1.13. The minimum absolute atomic E-state index is 0.184. The van der Waals surface area contributed by atoms with E-state index in [1.165, 1.54) is 0 Å². The fraction of sp³-hybridized carbons (Fsp3) is 0.625. The summed E-state index contributed by atoms with van der Waals surface area (Å²) in [5.74, 6) is -0.933. The molecule has 8 heteroatoms. The lowest BCUT2D eigenvalue weighted by atomic mass is 9.98. The van der Waals surface area contributed by atoms with E-state index in [9.17, 15) is 14.9 Å². The SMILES string of the molecule is CC(C)(C)C(=O)OCn1cnc([N+](=O)[O-])n1. The highest BCUT2D eigenvalue weighted by molar-refractivity contribution is 5.75. The van der Waals surface area contributed by atoms with Crippen molar-refractivity contribution in [3.63, 3.8) is 0 Å². The maximum Gasteiger partial charge on any atom is 0.491 e. The van der Waals surface area contributed by atoms with Crippen molar-refractivity contribution in [2.45, 2.75) is 27.5 Å². The van der Waals surface area contributed by atoms with Crippen molar-refractivity contribution in [3.05, 3.63) is 16.4 Å². The van der Waals surface area contributed by atoms with Crippen LogP contribution in [0.2, 0.25) is 0 Å². The first-order valence-corrected chi connectivity index (χ1v) is 4.52.